The van der Waals surface area contributed by atoms with Gasteiger partial charge < -0.3 is 5.32 Å². The molecule has 23 heavy (non-hydrogen) atoms. The summed E-state index contributed by atoms with van der Waals surface area (Å²) in [5, 5.41) is 5.07. The number of carbonyl (C=O) groups excluding carboxylic acids is 1. The Bertz CT molecular complexity index is 711. The second kappa shape index (κ2) is 7.30. The van der Waals surface area contributed by atoms with Crippen LogP contribution in [-0.2, 0) is 4.79 Å². The number of carbonyl (C=O) groups is 1. The fourth-order valence-electron chi connectivity index (χ4n) is 3.15. The lowest BCUT2D eigenvalue weighted by molar-refractivity contribution is -0.119. The molecule has 3 rings (SSSR count). The number of hydrogen-bond acceptors (Lipinski definition) is 4. The van der Waals surface area contributed by atoms with Crippen LogP contribution < -0.4 is 5.32 Å². The number of hydrogen-bond donors (Lipinski definition) is 1. The van der Waals surface area contributed by atoms with Gasteiger partial charge in [-0.15, -0.1) is 0 Å². The first kappa shape index (κ1) is 16.2. The minimum Gasteiger partial charge on any atom is -0.353 e. The van der Waals surface area contributed by atoms with Crippen molar-refractivity contribution in [2.45, 2.75) is 57.0 Å². The van der Waals surface area contributed by atoms with E-state index in [4.69, 9.17) is 0 Å². The first-order chi connectivity index (χ1) is 11.1. The van der Waals surface area contributed by atoms with Gasteiger partial charge in [0.2, 0.25) is 5.91 Å². The van der Waals surface area contributed by atoms with Crippen LogP contribution in [0.3, 0.4) is 0 Å². The molecule has 0 spiro atoms. The Balaban J connectivity index is 1.61. The molecule has 0 aromatic carbocycles. The van der Waals surface area contributed by atoms with Gasteiger partial charge in [-0.3, -0.25) is 4.79 Å². The van der Waals surface area contributed by atoms with E-state index in [0.717, 1.165) is 34.6 Å². The molecule has 1 saturated carbocycles. The molecule has 5 heteroatoms. The van der Waals surface area contributed by atoms with Crippen LogP contribution in [0.4, 0.5) is 0 Å². The summed E-state index contributed by atoms with van der Waals surface area (Å²) in [6.07, 6.45) is 6.00. The second-order valence-corrected chi connectivity index (χ2v) is 7.29. The van der Waals surface area contributed by atoms with Crippen molar-refractivity contribution in [2.75, 3.05) is 5.75 Å². The van der Waals surface area contributed by atoms with E-state index in [-0.39, 0.29) is 5.91 Å². The van der Waals surface area contributed by atoms with Crippen molar-refractivity contribution in [3.8, 4) is 0 Å². The van der Waals surface area contributed by atoms with Crippen LogP contribution in [0.5, 0.6) is 0 Å². The van der Waals surface area contributed by atoms with Gasteiger partial charge in [-0.25, -0.2) is 9.97 Å². The van der Waals surface area contributed by atoms with E-state index >= 15 is 0 Å². The SMILES string of the molecule is Cc1cc(C)c2ccc(SCC(=O)NC3CCCCC3)nc2n1. The summed E-state index contributed by atoms with van der Waals surface area (Å²) in [6, 6.07) is 6.46. The van der Waals surface area contributed by atoms with E-state index in [1.54, 1.807) is 0 Å². The van der Waals surface area contributed by atoms with Gasteiger partial charge in [0.25, 0.3) is 0 Å². The van der Waals surface area contributed by atoms with E-state index in [2.05, 4.69) is 28.3 Å². The van der Waals surface area contributed by atoms with E-state index in [9.17, 15) is 4.79 Å². The van der Waals surface area contributed by atoms with Crippen molar-refractivity contribution in [3.05, 3.63) is 29.5 Å². The third-order valence-corrected chi connectivity index (χ3v) is 5.23. The maximum absolute atomic E-state index is 12.1. The van der Waals surface area contributed by atoms with Gasteiger partial charge in [0.05, 0.1) is 10.8 Å². The summed E-state index contributed by atoms with van der Waals surface area (Å²) in [5.41, 5.74) is 2.92. The number of aryl methyl sites for hydroxylation is 2. The molecule has 2 aromatic heterocycles. The minimum absolute atomic E-state index is 0.108. The highest BCUT2D eigenvalue weighted by atomic mass is 32.2. The number of nitrogens with zero attached hydrogens (tertiary/aromatic N) is 2. The Morgan fingerprint density at radius 3 is 2.78 bits per heavy atom. The van der Waals surface area contributed by atoms with Gasteiger partial charge in [-0.05, 0) is 50.5 Å². The summed E-state index contributed by atoms with van der Waals surface area (Å²) in [4.78, 5) is 21.2. The molecule has 1 amide bonds. The van der Waals surface area contributed by atoms with Crippen LogP contribution in [0.1, 0.15) is 43.4 Å². The third kappa shape index (κ3) is 4.22. The van der Waals surface area contributed by atoms with Gasteiger partial charge in [0, 0.05) is 17.1 Å². The van der Waals surface area contributed by atoms with E-state index in [1.807, 2.05) is 19.1 Å². The Kier molecular flexibility index (Phi) is 5.16. The quantitative estimate of drug-likeness (QED) is 0.867. The van der Waals surface area contributed by atoms with Crippen LogP contribution in [0.25, 0.3) is 11.0 Å². The zero-order chi connectivity index (χ0) is 16.2. The lowest BCUT2D eigenvalue weighted by Gasteiger charge is -2.22. The van der Waals surface area contributed by atoms with Crippen molar-refractivity contribution in [1.82, 2.24) is 15.3 Å². The van der Waals surface area contributed by atoms with E-state index in [0.29, 0.717) is 11.8 Å². The zero-order valence-corrected chi connectivity index (χ0v) is 14.6. The zero-order valence-electron chi connectivity index (χ0n) is 13.8. The molecule has 0 atom stereocenters. The highest BCUT2D eigenvalue weighted by Gasteiger charge is 2.15. The topological polar surface area (TPSA) is 54.9 Å². The highest BCUT2D eigenvalue weighted by Crippen LogP contribution is 2.22. The number of rotatable bonds is 4. The van der Waals surface area contributed by atoms with E-state index < -0.39 is 0 Å². The monoisotopic (exact) mass is 329 g/mol. The van der Waals surface area contributed by atoms with Crippen LogP contribution in [0.2, 0.25) is 0 Å². The molecule has 0 saturated heterocycles. The van der Waals surface area contributed by atoms with Gasteiger partial charge in [0.15, 0.2) is 5.65 Å². The van der Waals surface area contributed by atoms with Crippen molar-refractivity contribution >= 4 is 28.7 Å². The Labute approximate surface area is 141 Å². The standard InChI is InChI=1S/C18H23N3OS/c1-12-10-13(2)19-18-15(12)8-9-17(21-18)23-11-16(22)20-14-6-4-3-5-7-14/h8-10,14H,3-7,11H2,1-2H3,(H,20,22). The predicted octanol–water partition coefficient (Wildman–Crippen LogP) is 3.79. The summed E-state index contributed by atoms with van der Waals surface area (Å²) in [5.74, 6) is 0.525. The van der Waals surface area contributed by atoms with Crippen molar-refractivity contribution in [3.63, 3.8) is 0 Å². The largest absolute Gasteiger partial charge is 0.353 e. The molecular weight excluding hydrogens is 306 g/mol. The molecule has 4 nitrogen and oxygen atoms in total. The smallest absolute Gasteiger partial charge is 0.230 e. The average molecular weight is 329 g/mol. The highest BCUT2D eigenvalue weighted by molar-refractivity contribution is 7.99. The number of pyridine rings is 2. The minimum atomic E-state index is 0.108. The lowest BCUT2D eigenvalue weighted by Crippen LogP contribution is -2.37. The Morgan fingerprint density at radius 2 is 2.00 bits per heavy atom. The van der Waals surface area contributed by atoms with Crippen molar-refractivity contribution in [2.24, 2.45) is 0 Å². The molecular formula is C18H23N3OS. The van der Waals surface area contributed by atoms with Crippen molar-refractivity contribution < 1.29 is 4.79 Å². The van der Waals surface area contributed by atoms with Crippen LogP contribution in [0.15, 0.2) is 23.2 Å². The molecule has 0 bridgehead atoms. The molecule has 0 aliphatic heterocycles. The fourth-order valence-corrected chi connectivity index (χ4v) is 3.83. The first-order valence-electron chi connectivity index (χ1n) is 8.29. The van der Waals surface area contributed by atoms with Gasteiger partial charge in [0.1, 0.15) is 0 Å². The maximum atomic E-state index is 12.1. The summed E-state index contributed by atoms with van der Waals surface area (Å²) >= 11 is 1.48. The Morgan fingerprint density at radius 1 is 1.22 bits per heavy atom. The molecule has 1 N–H and O–H groups in total. The molecule has 2 aromatic rings. The molecule has 1 fully saturated rings. The molecule has 1 aliphatic carbocycles. The van der Waals surface area contributed by atoms with Crippen LogP contribution in [-0.4, -0.2) is 27.7 Å². The number of aromatic nitrogens is 2. The summed E-state index contributed by atoms with van der Waals surface area (Å²) in [7, 11) is 0. The van der Waals surface area contributed by atoms with Crippen LogP contribution in [0, 0.1) is 13.8 Å². The van der Waals surface area contributed by atoms with Gasteiger partial charge in [-0.2, -0.15) is 0 Å². The average Bonchev–Trinajstić information content (AvgIpc) is 2.53. The second-order valence-electron chi connectivity index (χ2n) is 6.29. The molecule has 122 valence electrons. The predicted molar refractivity (Wildman–Crippen MR) is 94.8 cm³/mol. The third-order valence-electron chi connectivity index (χ3n) is 4.30. The number of amides is 1. The number of nitrogens with one attached hydrogen (secondary N) is 1. The Hall–Kier alpha value is -1.62. The maximum Gasteiger partial charge on any atom is 0.230 e. The molecule has 2 heterocycles. The van der Waals surface area contributed by atoms with Crippen LogP contribution >= 0.6 is 11.8 Å². The summed E-state index contributed by atoms with van der Waals surface area (Å²) < 4.78 is 0. The van der Waals surface area contributed by atoms with Crippen molar-refractivity contribution in [1.29, 1.82) is 0 Å². The molecule has 1 aliphatic rings. The number of fused-ring (bicyclic) bond motifs is 1. The van der Waals surface area contributed by atoms with Gasteiger partial charge in [-0.1, -0.05) is 31.0 Å². The van der Waals surface area contributed by atoms with Gasteiger partial charge >= 0.3 is 0 Å². The first-order valence-corrected chi connectivity index (χ1v) is 9.27. The lowest BCUT2D eigenvalue weighted by atomic mass is 9.95. The molecule has 0 unspecified atom stereocenters. The summed E-state index contributed by atoms with van der Waals surface area (Å²) in [6.45, 7) is 4.05. The molecule has 0 radical (unpaired) electrons. The fraction of sp³-hybridized carbons (Fsp3) is 0.500. The normalized spacial score (nSPS) is 15.7. The van der Waals surface area contributed by atoms with E-state index in [1.165, 1.54) is 36.6 Å². The number of thioether (sulfide) groups is 1.